The van der Waals surface area contributed by atoms with Crippen LogP contribution in [0.15, 0.2) is 0 Å². The summed E-state index contributed by atoms with van der Waals surface area (Å²) in [7, 11) is 0. The standard InChI is InChI=1S/C19H36O/c1-4-5-6-7-8-10-13-16(2)19(20)17(3)18-14-11-9-12-15-18/h16-18H,4-15H2,1-3H3. The van der Waals surface area contributed by atoms with Gasteiger partial charge in [0, 0.05) is 11.8 Å². The highest BCUT2D eigenvalue weighted by molar-refractivity contribution is 5.83. The third-order valence-electron chi connectivity index (χ3n) is 5.28. The third kappa shape index (κ3) is 6.41. The molecule has 0 bridgehead atoms. The number of unbranched alkanes of at least 4 members (excludes halogenated alkanes) is 5. The number of Topliss-reactive ketones (excluding diaryl/α,β-unsaturated/α-hetero) is 1. The van der Waals surface area contributed by atoms with Crippen molar-refractivity contribution in [3.63, 3.8) is 0 Å². The van der Waals surface area contributed by atoms with Crippen molar-refractivity contribution in [1.29, 1.82) is 0 Å². The Morgan fingerprint density at radius 2 is 1.55 bits per heavy atom. The van der Waals surface area contributed by atoms with Crippen LogP contribution in [0.2, 0.25) is 0 Å². The van der Waals surface area contributed by atoms with E-state index in [2.05, 4.69) is 20.8 Å². The summed E-state index contributed by atoms with van der Waals surface area (Å²) in [6.07, 6.45) is 15.7. The summed E-state index contributed by atoms with van der Waals surface area (Å²) in [5.74, 6) is 1.83. The quantitative estimate of drug-likeness (QED) is 0.438. The van der Waals surface area contributed by atoms with Gasteiger partial charge in [0.25, 0.3) is 0 Å². The molecule has 0 aromatic rings. The molecule has 20 heavy (non-hydrogen) atoms. The van der Waals surface area contributed by atoms with Gasteiger partial charge in [-0.1, -0.05) is 78.6 Å². The van der Waals surface area contributed by atoms with Gasteiger partial charge in [-0.15, -0.1) is 0 Å². The van der Waals surface area contributed by atoms with Crippen LogP contribution in [0.25, 0.3) is 0 Å². The first-order chi connectivity index (χ1) is 9.66. The molecule has 0 N–H and O–H groups in total. The Kier molecular flexibility index (Phi) is 9.22. The lowest BCUT2D eigenvalue weighted by Crippen LogP contribution is -2.27. The van der Waals surface area contributed by atoms with Crippen LogP contribution in [0.4, 0.5) is 0 Å². The summed E-state index contributed by atoms with van der Waals surface area (Å²) in [5.41, 5.74) is 0. The number of hydrogen-bond acceptors (Lipinski definition) is 1. The number of ketones is 1. The van der Waals surface area contributed by atoms with Crippen LogP contribution in [-0.2, 0) is 4.79 Å². The molecule has 1 aliphatic rings. The monoisotopic (exact) mass is 280 g/mol. The van der Waals surface area contributed by atoms with Crippen LogP contribution >= 0.6 is 0 Å². The van der Waals surface area contributed by atoms with Crippen LogP contribution in [0.5, 0.6) is 0 Å². The van der Waals surface area contributed by atoms with E-state index in [4.69, 9.17) is 0 Å². The van der Waals surface area contributed by atoms with E-state index in [1.807, 2.05) is 0 Å². The van der Waals surface area contributed by atoms with Crippen LogP contribution < -0.4 is 0 Å². The molecule has 1 heteroatoms. The van der Waals surface area contributed by atoms with E-state index >= 15 is 0 Å². The normalized spacial score (nSPS) is 19.8. The van der Waals surface area contributed by atoms with Crippen molar-refractivity contribution >= 4 is 5.78 Å². The maximum Gasteiger partial charge on any atom is 0.138 e. The Morgan fingerprint density at radius 3 is 2.20 bits per heavy atom. The van der Waals surface area contributed by atoms with Gasteiger partial charge in [-0.2, -0.15) is 0 Å². The molecule has 1 fully saturated rings. The predicted molar refractivity (Wildman–Crippen MR) is 87.9 cm³/mol. The molecule has 2 unspecified atom stereocenters. The van der Waals surface area contributed by atoms with Crippen molar-refractivity contribution in [2.75, 3.05) is 0 Å². The van der Waals surface area contributed by atoms with Crippen molar-refractivity contribution in [1.82, 2.24) is 0 Å². The first-order valence-electron chi connectivity index (χ1n) is 9.20. The summed E-state index contributed by atoms with van der Waals surface area (Å²) in [6.45, 7) is 6.61. The van der Waals surface area contributed by atoms with Gasteiger partial charge in [0.2, 0.25) is 0 Å². The van der Waals surface area contributed by atoms with Crippen molar-refractivity contribution in [3.8, 4) is 0 Å². The second-order valence-electron chi connectivity index (χ2n) is 7.05. The molecular formula is C19H36O. The van der Waals surface area contributed by atoms with E-state index in [0.717, 1.165) is 6.42 Å². The Morgan fingerprint density at radius 1 is 0.950 bits per heavy atom. The molecule has 0 aliphatic heterocycles. The largest absolute Gasteiger partial charge is 0.299 e. The maximum absolute atomic E-state index is 12.5. The fourth-order valence-corrected chi connectivity index (χ4v) is 3.69. The molecular weight excluding hydrogens is 244 g/mol. The van der Waals surface area contributed by atoms with E-state index < -0.39 is 0 Å². The lowest BCUT2D eigenvalue weighted by molar-refractivity contribution is -0.128. The lowest BCUT2D eigenvalue weighted by Gasteiger charge is -2.28. The third-order valence-corrected chi connectivity index (χ3v) is 5.28. The summed E-state index contributed by atoms with van der Waals surface area (Å²) in [5, 5.41) is 0. The van der Waals surface area contributed by atoms with Crippen LogP contribution in [-0.4, -0.2) is 5.78 Å². The minimum Gasteiger partial charge on any atom is -0.299 e. The van der Waals surface area contributed by atoms with Gasteiger partial charge in [0.1, 0.15) is 5.78 Å². The predicted octanol–water partition coefficient (Wildman–Crippen LogP) is 6.16. The van der Waals surface area contributed by atoms with Gasteiger partial charge in [0.15, 0.2) is 0 Å². The first-order valence-corrected chi connectivity index (χ1v) is 9.20. The van der Waals surface area contributed by atoms with Gasteiger partial charge in [-0.25, -0.2) is 0 Å². The minimum absolute atomic E-state index is 0.290. The molecule has 0 aromatic carbocycles. The highest BCUT2D eigenvalue weighted by atomic mass is 16.1. The second kappa shape index (κ2) is 10.4. The van der Waals surface area contributed by atoms with Crippen molar-refractivity contribution in [2.45, 2.75) is 97.8 Å². The van der Waals surface area contributed by atoms with E-state index in [-0.39, 0.29) is 5.92 Å². The fourth-order valence-electron chi connectivity index (χ4n) is 3.69. The smallest absolute Gasteiger partial charge is 0.138 e. The molecule has 1 saturated carbocycles. The van der Waals surface area contributed by atoms with E-state index in [1.54, 1.807) is 0 Å². The molecule has 1 nitrogen and oxygen atoms in total. The zero-order valence-corrected chi connectivity index (χ0v) is 14.1. The zero-order chi connectivity index (χ0) is 14.8. The molecule has 1 aliphatic carbocycles. The van der Waals surface area contributed by atoms with E-state index in [1.165, 1.54) is 70.6 Å². The highest BCUT2D eigenvalue weighted by Crippen LogP contribution is 2.32. The Hall–Kier alpha value is -0.330. The Labute approximate surface area is 126 Å². The molecule has 2 atom stereocenters. The van der Waals surface area contributed by atoms with Gasteiger partial charge < -0.3 is 0 Å². The average Bonchev–Trinajstić information content (AvgIpc) is 2.50. The van der Waals surface area contributed by atoms with Crippen molar-refractivity contribution in [2.24, 2.45) is 17.8 Å². The second-order valence-corrected chi connectivity index (χ2v) is 7.05. The fraction of sp³-hybridized carbons (Fsp3) is 0.947. The summed E-state index contributed by atoms with van der Waals surface area (Å²) in [4.78, 5) is 12.5. The summed E-state index contributed by atoms with van der Waals surface area (Å²) >= 11 is 0. The topological polar surface area (TPSA) is 17.1 Å². The molecule has 0 saturated heterocycles. The molecule has 0 spiro atoms. The maximum atomic E-state index is 12.5. The van der Waals surface area contributed by atoms with Crippen molar-refractivity contribution in [3.05, 3.63) is 0 Å². The minimum atomic E-state index is 0.290. The molecule has 0 heterocycles. The van der Waals surface area contributed by atoms with E-state index in [0.29, 0.717) is 17.6 Å². The first kappa shape index (κ1) is 17.7. The van der Waals surface area contributed by atoms with E-state index in [9.17, 15) is 4.79 Å². The van der Waals surface area contributed by atoms with Gasteiger partial charge in [-0.05, 0) is 25.2 Å². The molecule has 1 rings (SSSR count). The lowest BCUT2D eigenvalue weighted by atomic mass is 9.76. The molecule has 0 amide bonds. The van der Waals surface area contributed by atoms with Gasteiger partial charge in [0.05, 0.1) is 0 Å². The van der Waals surface area contributed by atoms with Crippen molar-refractivity contribution < 1.29 is 4.79 Å². The summed E-state index contributed by atoms with van der Waals surface area (Å²) in [6, 6.07) is 0. The number of carbonyl (C=O) groups excluding carboxylic acids is 1. The van der Waals surface area contributed by atoms with Crippen LogP contribution in [0.3, 0.4) is 0 Å². The zero-order valence-electron chi connectivity index (χ0n) is 14.1. The highest BCUT2D eigenvalue weighted by Gasteiger charge is 2.28. The average molecular weight is 280 g/mol. The Balaban J connectivity index is 2.17. The van der Waals surface area contributed by atoms with Gasteiger partial charge in [-0.3, -0.25) is 4.79 Å². The number of rotatable bonds is 10. The SMILES string of the molecule is CCCCCCCCC(C)C(=O)C(C)C1CCCCC1. The number of carbonyl (C=O) groups is 1. The molecule has 0 aromatic heterocycles. The summed E-state index contributed by atoms with van der Waals surface area (Å²) < 4.78 is 0. The van der Waals surface area contributed by atoms with Gasteiger partial charge >= 0.3 is 0 Å². The van der Waals surface area contributed by atoms with Crippen LogP contribution in [0.1, 0.15) is 97.8 Å². The molecule has 0 radical (unpaired) electrons. The molecule has 118 valence electrons. The van der Waals surface area contributed by atoms with Crippen LogP contribution in [0, 0.1) is 17.8 Å². The number of hydrogen-bond donors (Lipinski definition) is 0. The Bertz CT molecular complexity index is 252.